The summed E-state index contributed by atoms with van der Waals surface area (Å²) in [6, 6.07) is 27.0. The van der Waals surface area contributed by atoms with Gasteiger partial charge in [-0.2, -0.15) is 0 Å². The molecule has 0 unspecified atom stereocenters. The molecular formula is C43H52NO5P. The van der Waals surface area contributed by atoms with Crippen molar-refractivity contribution in [1.29, 1.82) is 0 Å². The molecule has 3 aliphatic rings. The zero-order valence-corrected chi connectivity index (χ0v) is 32.2. The fourth-order valence-electron chi connectivity index (χ4n) is 8.51. The van der Waals surface area contributed by atoms with E-state index < -0.39 is 37.7 Å². The Bertz CT molecular complexity index is 1600. The Hall–Kier alpha value is -2.93. The summed E-state index contributed by atoms with van der Waals surface area (Å²) in [5.74, 6) is -0.937. The van der Waals surface area contributed by atoms with Gasteiger partial charge in [-0.15, -0.1) is 0 Å². The lowest BCUT2D eigenvalue weighted by Gasteiger charge is -2.42. The van der Waals surface area contributed by atoms with Crippen molar-refractivity contribution in [1.82, 2.24) is 4.67 Å². The maximum Gasteiger partial charge on any atom is 0.261 e. The molecule has 4 aromatic carbocycles. The van der Waals surface area contributed by atoms with E-state index in [2.05, 4.69) is 133 Å². The minimum atomic E-state index is -1.73. The maximum absolute atomic E-state index is 7.87. The highest BCUT2D eigenvalue weighted by atomic mass is 31.2. The number of hydrogen-bond acceptors (Lipinski definition) is 6. The fourth-order valence-corrected chi connectivity index (χ4v) is 10.4. The number of nitrogens with zero attached hydrogens (tertiary/aromatic N) is 1. The Morgan fingerprint density at radius 3 is 1.04 bits per heavy atom. The van der Waals surface area contributed by atoms with Gasteiger partial charge in [-0.3, -0.25) is 0 Å². The van der Waals surface area contributed by atoms with Gasteiger partial charge in [-0.1, -0.05) is 117 Å². The van der Waals surface area contributed by atoms with Crippen molar-refractivity contribution in [3.63, 3.8) is 0 Å². The molecular weight excluding hydrogens is 641 g/mol. The van der Waals surface area contributed by atoms with Gasteiger partial charge in [0, 0.05) is 13.1 Å². The number of aryl methyl sites for hydroxylation is 8. The molecule has 0 N–H and O–H groups in total. The summed E-state index contributed by atoms with van der Waals surface area (Å²) >= 11 is 0. The highest BCUT2D eigenvalue weighted by Gasteiger charge is 2.67. The van der Waals surface area contributed by atoms with Crippen LogP contribution in [0.4, 0.5) is 0 Å². The second-order valence-corrected chi connectivity index (χ2v) is 16.8. The van der Waals surface area contributed by atoms with Gasteiger partial charge < -0.3 is 23.3 Å². The van der Waals surface area contributed by atoms with Crippen molar-refractivity contribution in [3.8, 4) is 0 Å². The molecule has 264 valence electrons. The van der Waals surface area contributed by atoms with Gasteiger partial charge in [0.05, 0.1) is 13.2 Å². The zero-order chi connectivity index (χ0) is 35.6. The van der Waals surface area contributed by atoms with Gasteiger partial charge in [-0.05, 0) is 91.5 Å². The smallest absolute Gasteiger partial charge is 0.261 e. The summed E-state index contributed by atoms with van der Waals surface area (Å²) in [6.45, 7) is 23.9. The highest BCUT2D eigenvalue weighted by Crippen LogP contribution is 2.66. The zero-order valence-electron chi connectivity index (χ0n) is 31.3. The lowest BCUT2D eigenvalue weighted by molar-refractivity contribution is -0.175. The molecule has 3 heterocycles. The maximum atomic E-state index is 7.87. The molecule has 3 fully saturated rings. The van der Waals surface area contributed by atoms with Gasteiger partial charge in [0.15, 0.2) is 17.0 Å². The van der Waals surface area contributed by atoms with Crippen LogP contribution in [0.5, 0.6) is 0 Å². The quantitative estimate of drug-likeness (QED) is 0.194. The molecule has 0 radical (unpaired) electrons. The van der Waals surface area contributed by atoms with E-state index in [1.807, 2.05) is 13.8 Å². The van der Waals surface area contributed by atoms with E-state index in [0.717, 1.165) is 66.8 Å². The van der Waals surface area contributed by atoms with Crippen LogP contribution < -0.4 is 0 Å². The van der Waals surface area contributed by atoms with Gasteiger partial charge in [0.1, 0.15) is 12.2 Å². The number of fused-ring (bicyclic) bond motifs is 1. The third-order valence-corrected chi connectivity index (χ3v) is 11.9. The van der Waals surface area contributed by atoms with Crippen molar-refractivity contribution in [2.75, 3.05) is 26.3 Å². The minimum absolute atomic E-state index is 0.602. The number of hydrogen-bond donors (Lipinski definition) is 0. The summed E-state index contributed by atoms with van der Waals surface area (Å²) < 4.78 is 38.6. The van der Waals surface area contributed by atoms with Crippen LogP contribution in [0.3, 0.4) is 0 Å². The summed E-state index contributed by atoms with van der Waals surface area (Å²) in [5.41, 5.74) is 11.3. The molecule has 0 bridgehead atoms. The van der Waals surface area contributed by atoms with Gasteiger partial charge >= 0.3 is 0 Å². The van der Waals surface area contributed by atoms with Crippen LogP contribution in [0, 0.1) is 55.4 Å². The van der Waals surface area contributed by atoms with Crippen LogP contribution in [0.15, 0.2) is 72.8 Å². The number of morpholine rings is 1. The SMILES string of the molecule is Cc1cc(C)cc(C2(c3cc(C)cc(C)c3)OP(N3CCOCC3)OC(c3cc(C)cc(C)c3)(c3cc(C)cc(C)c3)[C@@H]3OC(C)(C)O[C@H]32)c1. The lowest BCUT2D eigenvalue weighted by atomic mass is 9.70. The Labute approximate surface area is 300 Å². The average Bonchev–Trinajstić information content (AvgIpc) is 3.29. The predicted octanol–water partition coefficient (Wildman–Crippen LogP) is 9.47. The van der Waals surface area contributed by atoms with E-state index in [-0.39, 0.29) is 0 Å². The first-order chi connectivity index (χ1) is 23.7. The molecule has 50 heavy (non-hydrogen) atoms. The molecule has 0 spiro atoms. The van der Waals surface area contributed by atoms with E-state index in [1.54, 1.807) is 0 Å². The van der Waals surface area contributed by atoms with Crippen molar-refractivity contribution in [3.05, 3.63) is 140 Å². The van der Waals surface area contributed by atoms with Gasteiger partial charge in [0.2, 0.25) is 0 Å². The van der Waals surface area contributed by atoms with Gasteiger partial charge in [-0.25, -0.2) is 4.67 Å². The first-order valence-electron chi connectivity index (χ1n) is 17.9. The normalized spacial score (nSPS) is 23.4. The monoisotopic (exact) mass is 693 g/mol. The molecule has 7 heteroatoms. The van der Waals surface area contributed by atoms with Crippen molar-refractivity contribution < 1.29 is 23.3 Å². The molecule has 0 aromatic heterocycles. The number of rotatable bonds is 5. The molecule has 7 rings (SSSR count). The van der Waals surface area contributed by atoms with Crippen molar-refractivity contribution in [2.24, 2.45) is 0 Å². The summed E-state index contributed by atoms with van der Waals surface area (Å²) in [6.07, 6.45) is -1.20. The Morgan fingerprint density at radius 1 is 0.480 bits per heavy atom. The Kier molecular flexibility index (Phi) is 9.39. The molecule has 0 aliphatic carbocycles. The van der Waals surface area contributed by atoms with Crippen LogP contribution in [-0.2, 0) is 34.5 Å². The van der Waals surface area contributed by atoms with Crippen LogP contribution in [-0.4, -0.2) is 49.0 Å². The van der Waals surface area contributed by atoms with Crippen LogP contribution in [0.1, 0.15) is 80.6 Å². The number of benzene rings is 4. The third kappa shape index (κ3) is 6.39. The van der Waals surface area contributed by atoms with Gasteiger partial charge in [0.25, 0.3) is 8.53 Å². The topological polar surface area (TPSA) is 49.4 Å². The molecule has 0 saturated carbocycles. The second-order valence-electron chi connectivity index (χ2n) is 15.4. The molecule has 3 aliphatic heterocycles. The molecule has 3 saturated heterocycles. The van der Waals surface area contributed by atoms with E-state index in [0.29, 0.717) is 26.3 Å². The lowest BCUT2D eigenvalue weighted by Crippen LogP contribution is -2.53. The van der Waals surface area contributed by atoms with Crippen molar-refractivity contribution >= 4 is 8.53 Å². The summed E-state index contributed by atoms with van der Waals surface area (Å²) in [5, 5.41) is 0. The summed E-state index contributed by atoms with van der Waals surface area (Å²) in [7, 11) is -1.73. The molecule has 4 aromatic rings. The average molecular weight is 694 g/mol. The fraction of sp³-hybridized carbons (Fsp3) is 0.442. The highest BCUT2D eigenvalue weighted by molar-refractivity contribution is 7.44. The van der Waals surface area contributed by atoms with Crippen LogP contribution in [0.25, 0.3) is 0 Å². The van der Waals surface area contributed by atoms with E-state index in [9.17, 15) is 0 Å². The minimum Gasteiger partial charge on any atom is -0.379 e. The Balaban J connectivity index is 1.64. The Morgan fingerprint density at radius 2 is 0.760 bits per heavy atom. The predicted molar refractivity (Wildman–Crippen MR) is 201 cm³/mol. The van der Waals surface area contributed by atoms with E-state index in [4.69, 9.17) is 23.3 Å². The molecule has 2 atom stereocenters. The largest absolute Gasteiger partial charge is 0.379 e. The number of ether oxygens (including phenoxy) is 3. The van der Waals surface area contributed by atoms with Crippen molar-refractivity contribution in [2.45, 2.75) is 98.4 Å². The van der Waals surface area contributed by atoms with Crippen LogP contribution >= 0.6 is 8.53 Å². The third-order valence-electron chi connectivity index (χ3n) is 10.2. The molecule has 0 amide bonds. The first-order valence-corrected chi connectivity index (χ1v) is 19.0. The molecule has 6 nitrogen and oxygen atoms in total. The van der Waals surface area contributed by atoms with E-state index in [1.165, 1.54) is 0 Å². The second kappa shape index (κ2) is 13.2. The van der Waals surface area contributed by atoms with E-state index >= 15 is 0 Å². The standard InChI is InChI=1S/C43H52NO5P/c1-27-15-28(2)20-35(19-27)42(36-21-29(3)16-30(4)22-36)39-40(47-41(9,10)46-39)43(37-23-31(5)17-32(6)24-37,38-25-33(7)18-34(8)26-38)49-50(48-42)44-11-13-45-14-12-44/h15-26,39-40H,11-14H2,1-10H3/t39-,40-/m1/s1. The summed E-state index contributed by atoms with van der Waals surface area (Å²) in [4.78, 5) is 0. The first kappa shape index (κ1) is 35.5. The van der Waals surface area contributed by atoms with Crippen LogP contribution in [0.2, 0.25) is 0 Å².